The van der Waals surface area contributed by atoms with Crippen LogP contribution in [-0.2, 0) is 0 Å². The number of nitrogens with one attached hydrogen (secondary N) is 1. The Morgan fingerprint density at radius 2 is 1.88 bits per heavy atom. The minimum Gasteiger partial charge on any atom is -0.435 e. The van der Waals surface area contributed by atoms with Gasteiger partial charge in [0.25, 0.3) is 5.91 Å². The van der Waals surface area contributed by atoms with Crippen LogP contribution in [0.3, 0.4) is 0 Å². The zero-order chi connectivity index (χ0) is 23.0. The predicted molar refractivity (Wildman–Crippen MR) is 120 cm³/mol. The molecule has 166 valence electrons. The second-order valence-electron chi connectivity index (χ2n) is 7.50. The van der Waals surface area contributed by atoms with Gasteiger partial charge in [-0.15, -0.1) is 11.3 Å². The topological polar surface area (TPSA) is 81.9 Å². The Kier molecular flexibility index (Phi) is 5.88. The van der Waals surface area contributed by atoms with Gasteiger partial charge >= 0.3 is 6.61 Å². The van der Waals surface area contributed by atoms with E-state index in [0.29, 0.717) is 22.1 Å². The minimum absolute atomic E-state index is 0.0734. The number of nitrogens with zero attached hydrogens (tertiary/aromatic N) is 4. The van der Waals surface area contributed by atoms with Crippen molar-refractivity contribution in [2.75, 3.05) is 5.32 Å². The third-order valence-corrected chi connectivity index (χ3v) is 5.75. The Labute approximate surface area is 187 Å². The number of amides is 1. The van der Waals surface area contributed by atoms with Crippen molar-refractivity contribution in [1.82, 2.24) is 19.7 Å². The lowest BCUT2D eigenvalue weighted by molar-refractivity contribution is -0.0498. The van der Waals surface area contributed by atoms with Crippen LogP contribution in [0.15, 0.2) is 36.5 Å². The number of pyridine rings is 1. The maximum Gasteiger partial charge on any atom is 0.387 e. The van der Waals surface area contributed by atoms with Gasteiger partial charge < -0.3 is 4.74 Å². The van der Waals surface area contributed by atoms with Crippen LogP contribution in [-0.4, -0.2) is 32.3 Å². The molecule has 0 atom stereocenters. The number of thiazole rings is 1. The molecule has 1 aromatic carbocycles. The molecule has 0 saturated carbocycles. The van der Waals surface area contributed by atoms with E-state index >= 15 is 0 Å². The monoisotopic (exact) mass is 457 g/mol. The average Bonchev–Trinajstić information content (AvgIpc) is 3.30. The van der Waals surface area contributed by atoms with Crippen LogP contribution in [0.25, 0.3) is 22.3 Å². The molecule has 0 aliphatic rings. The van der Waals surface area contributed by atoms with Crippen molar-refractivity contribution in [3.8, 4) is 17.0 Å². The Balaban J connectivity index is 1.56. The fourth-order valence-electron chi connectivity index (χ4n) is 3.35. The van der Waals surface area contributed by atoms with E-state index in [1.165, 1.54) is 23.5 Å². The maximum absolute atomic E-state index is 12.9. The molecule has 0 unspecified atom stereocenters. The number of alkyl halides is 2. The number of rotatable bonds is 6. The number of fused-ring (bicyclic) bond motifs is 1. The molecule has 0 aliphatic heterocycles. The van der Waals surface area contributed by atoms with Gasteiger partial charge in [0.1, 0.15) is 5.75 Å². The number of hydrogen-bond acceptors (Lipinski definition) is 6. The van der Waals surface area contributed by atoms with E-state index in [0.717, 1.165) is 21.5 Å². The first-order chi connectivity index (χ1) is 15.2. The standard InChI is InChI=1S/C22H21F2N5O2S/c1-11(2)29-19-15(10-25-29)9-17(12(3)26-19)20(30)28-22-27-18(13(4)32-22)14-5-7-16(8-6-14)31-21(23)24/h5-11,21H,1-4H3,(H,27,28,30). The number of carbonyl (C=O) groups excluding carboxylic acids is 1. The number of anilines is 1. The summed E-state index contributed by atoms with van der Waals surface area (Å²) in [7, 11) is 0. The first-order valence-electron chi connectivity index (χ1n) is 9.92. The van der Waals surface area contributed by atoms with Gasteiger partial charge in [0, 0.05) is 21.9 Å². The van der Waals surface area contributed by atoms with Gasteiger partial charge in [-0.1, -0.05) is 0 Å². The first-order valence-corrected chi connectivity index (χ1v) is 10.7. The zero-order valence-corrected chi connectivity index (χ0v) is 18.7. The highest BCUT2D eigenvalue weighted by atomic mass is 32.1. The molecule has 0 fully saturated rings. The highest BCUT2D eigenvalue weighted by Crippen LogP contribution is 2.32. The van der Waals surface area contributed by atoms with E-state index in [1.807, 2.05) is 25.5 Å². The largest absolute Gasteiger partial charge is 0.435 e. The van der Waals surface area contributed by atoms with Crippen molar-refractivity contribution in [1.29, 1.82) is 0 Å². The van der Waals surface area contributed by atoms with Gasteiger partial charge in [-0.3, -0.25) is 10.1 Å². The summed E-state index contributed by atoms with van der Waals surface area (Å²) < 4.78 is 30.9. The second-order valence-corrected chi connectivity index (χ2v) is 8.70. The minimum atomic E-state index is -2.87. The molecule has 1 amide bonds. The molecule has 4 rings (SSSR count). The molecule has 10 heteroatoms. The molecule has 0 bridgehead atoms. The van der Waals surface area contributed by atoms with Crippen molar-refractivity contribution in [2.24, 2.45) is 0 Å². The fraction of sp³-hybridized carbons (Fsp3) is 0.273. The number of carbonyl (C=O) groups is 1. The summed E-state index contributed by atoms with van der Waals surface area (Å²) in [5, 5.41) is 8.42. The van der Waals surface area contributed by atoms with Crippen LogP contribution in [0.1, 0.15) is 40.8 Å². The van der Waals surface area contributed by atoms with E-state index in [4.69, 9.17) is 0 Å². The van der Waals surface area contributed by atoms with Gasteiger partial charge in [0.05, 0.1) is 23.1 Å². The number of ether oxygens (including phenoxy) is 1. The van der Waals surface area contributed by atoms with Crippen LogP contribution in [0.4, 0.5) is 13.9 Å². The molecule has 0 saturated heterocycles. The highest BCUT2D eigenvalue weighted by molar-refractivity contribution is 7.16. The number of benzene rings is 1. The van der Waals surface area contributed by atoms with Gasteiger partial charge in [-0.2, -0.15) is 13.9 Å². The second kappa shape index (κ2) is 8.62. The molecular weight excluding hydrogens is 436 g/mol. The summed E-state index contributed by atoms with van der Waals surface area (Å²) in [6.07, 6.45) is 1.70. The number of hydrogen-bond donors (Lipinski definition) is 1. The molecule has 4 aromatic rings. The average molecular weight is 458 g/mol. The third kappa shape index (κ3) is 4.31. The van der Waals surface area contributed by atoms with Gasteiger partial charge in [0.15, 0.2) is 10.8 Å². The summed E-state index contributed by atoms with van der Waals surface area (Å²) in [6, 6.07) is 8.16. The highest BCUT2D eigenvalue weighted by Gasteiger charge is 2.18. The molecular formula is C22H21F2N5O2S. The van der Waals surface area contributed by atoms with Crippen LogP contribution >= 0.6 is 11.3 Å². The van der Waals surface area contributed by atoms with Crippen molar-refractivity contribution in [3.05, 3.63) is 52.7 Å². The summed E-state index contributed by atoms with van der Waals surface area (Å²) in [6.45, 7) is 4.83. The van der Waals surface area contributed by atoms with Crippen molar-refractivity contribution >= 4 is 33.4 Å². The molecule has 1 N–H and O–H groups in total. The third-order valence-electron chi connectivity index (χ3n) is 4.86. The SMILES string of the molecule is Cc1nc2c(cnn2C(C)C)cc1C(=O)Nc1nc(-c2ccc(OC(F)F)cc2)c(C)s1. The summed E-state index contributed by atoms with van der Waals surface area (Å²) >= 11 is 1.33. The number of aromatic nitrogens is 4. The molecule has 3 heterocycles. The quantitative estimate of drug-likeness (QED) is 0.407. The van der Waals surface area contributed by atoms with Crippen LogP contribution in [0.5, 0.6) is 5.75 Å². The van der Waals surface area contributed by atoms with Crippen LogP contribution < -0.4 is 10.1 Å². The van der Waals surface area contributed by atoms with Gasteiger partial charge in [-0.25, -0.2) is 14.6 Å². The molecule has 0 spiro atoms. The van der Waals surface area contributed by atoms with Crippen molar-refractivity contribution in [3.63, 3.8) is 0 Å². The van der Waals surface area contributed by atoms with Crippen molar-refractivity contribution < 1.29 is 18.3 Å². The predicted octanol–water partition coefficient (Wildman–Crippen LogP) is 5.61. The molecule has 32 heavy (non-hydrogen) atoms. The van der Waals surface area contributed by atoms with E-state index in [1.54, 1.807) is 31.3 Å². The summed E-state index contributed by atoms with van der Waals surface area (Å²) in [4.78, 5) is 22.9. The van der Waals surface area contributed by atoms with Gasteiger partial charge in [0.2, 0.25) is 0 Å². The Bertz CT molecular complexity index is 1280. The lowest BCUT2D eigenvalue weighted by atomic mass is 10.1. The van der Waals surface area contributed by atoms with Crippen molar-refractivity contribution in [2.45, 2.75) is 40.3 Å². The normalized spacial score (nSPS) is 11.5. The van der Waals surface area contributed by atoms with E-state index in [2.05, 4.69) is 25.1 Å². The first kappa shape index (κ1) is 21.8. The molecule has 0 aliphatic carbocycles. The van der Waals surface area contributed by atoms with Gasteiger partial charge in [-0.05, 0) is 58.0 Å². The van der Waals surface area contributed by atoms with Crippen LogP contribution in [0, 0.1) is 13.8 Å². The van der Waals surface area contributed by atoms with E-state index in [9.17, 15) is 13.6 Å². The molecule has 0 radical (unpaired) electrons. The summed E-state index contributed by atoms with van der Waals surface area (Å²) in [5.74, 6) is -0.237. The Morgan fingerprint density at radius 3 is 2.53 bits per heavy atom. The zero-order valence-electron chi connectivity index (χ0n) is 17.9. The molecule has 7 nitrogen and oxygen atoms in total. The maximum atomic E-state index is 12.9. The Hall–Kier alpha value is -3.40. The lowest BCUT2D eigenvalue weighted by Crippen LogP contribution is -2.14. The molecule has 3 aromatic heterocycles. The lowest BCUT2D eigenvalue weighted by Gasteiger charge is -2.09. The summed E-state index contributed by atoms with van der Waals surface area (Å²) in [5.41, 5.74) is 3.18. The smallest absolute Gasteiger partial charge is 0.387 e. The van der Waals surface area contributed by atoms with E-state index < -0.39 is 6.61 Å². The fourth-order valence-corrected chi connectivity index (χ4v) is 4.18. The van der Waals surface area contributed by atoms with E-state index in [-0.39, 0.29) is 17.7 Å². The van der Waals surface area contributed by atoms with Crippen LogP contribution in [0.2, 0.25) is 0 Å². The Morgan fingerprint density at radius 1 is 1.16 bits per heavy atom. The number of aryl methyl sites for hydroxylation is 2. The number of halogens is 2.